The molecule has 2 saturated heterocycles. The van der Waals surface area contributed by atoms with Gasteiger partial charge >= 0.3 is 5.97 Å². The summed E-state index contributed by atoms with van der Waals surface area (Å²) in [7, 11) is 0. The van der Waals surface area contributed by atoms with Gasteiger partial charge in [0.15, 0.2) is 5.78 Å². The van der Waals surface area contributed by atoms with Gasteiger partial charge in [-0.15, -0.1) is 0 Å². The van der Waals surface area contributed by atoms with E-state index >= 15 is 0 Å². The first-order chi connectivity index (χ1) is 12.5. The third-order valence-corrected chi connectivity index (χ3v) is 6.60. The molecule has 0 spiro atoms. The van der Waals surface area contributed by atoms with Gasteiger partial charge in [0.05, 0.1) is 12.0 Å². The number of hydrogen-bond donors (Lipinski definition) is 0. The summed E-state index contributed by atoms with van der Waals surface area (Å²) in [6.07, 6.45) is 4.27. The standard InChI is InChI=1S/C21H25NO4/c1-3-21(20(25)26-4-2)12-13-8-11-18(21)22(13)19(24)16-7-5-6-15-14(16)9-10-17(15)23/h5-7,13,18H,3-4,8-12H2,1-2H3/t13-,18+,21+/m1/s1. The van der Waals surface area contributed by atoms with Crippen molar-refractivity contribution in [2.24, 2.45) is 5.41 Å². The van der Waals surface area contributed by atoms with E-state index in [0.29, 0.717) is 43.4 Å². The minimum atomic E-state index is -0.581. The topological polar surface area (TPSA) is 63.7 Å². The molecule has 1 aromatic carbocycles. The summed E-state index contributed by atoms with van der Waals surface area (Å²) < 4.78 is 5.37. The highest BCUT2D eigenvalue weighted by Crippen LogP contribution is 2.53. The number of rotatable bonds is 4. The lowest BCUT2D eigenvalue weighted by Crippen LogP contribution is -2.45. The first kappa shape index (κ1) is 17.3. The van der Waals surface area contributed by atoms with Gasteiger partial charge in [0.1, 0.15) is 0 Å². The fourth-order valence-corrected chi connectivity index (χ4v) is 5.34. The van der Waals surface area contributed by atoms with E-state index in [1.165, 1.54) is 0 Å². The molecule has 0 aromatic heterocycles. The highest BCUT2D eigenvalue weighted by atomic mass is 16.5. The van der Waals surface area contributed by atoms with Crippen LogP contribution in [0.25, 0.3) is 0 Å². The zero-order chi connectivity index (χ0) is 18.5. The van der Waals surface area contributed by atoms with Gasteiger partial charge in [0, 0.05) is 29.6 Å². The Bertz CT molecular complexity index is 786. The maximum atomic E-state index is 13.4. The van der Waals surface area contributed by atoms with Crippen LogP contribution < -0.4 is 0 Å². The lowest BCUT2D eigenvalue weighted by atomic mass is 9.72. The molecule has 1 aromatic rings. The molecule has 138 valence electrons. The Hall–Kier alpha value is -2.17. The molecule has 2 heterocycles. The van der Waals surface area contributed by atoms with Crippen molar-refractivity contribution in [1.29, 1.82) is 0 Å². The van der Waals surface area contributed by atoms with E-state index in [1.807, 2.05) is 30.9 Å². The van der Waals surface area contributed by atoms with Gasteiger partial charge in [-0.05, 0) is 50.7 Å². The zero-order valence-electron chi connectivity index (χ0n) is 15.4. The number of Topliss-reactive ketones (excluding diaryl/α,β-unsaturated/α-hetero) is 1. The quantitative estimate of drug-likeness (QED) is 0.779. The molecule has 2 fully saturated rings. The van der Waals surface area contributed by atoms with Gasteiger partial charge < -0.3 is 9.64 Å². The van der Waals surface area contributed by atoms with E-state index < -0.39 is 5.41 Å². The summed E-state index contributed by atoms with van der Waals surface area (Å²) in [5.41, 5.74) is 1.63. The van der Waals surface area contributed by atoms with Crippen LogP contribution in [0.3, 0.4) is 0 Å². The van der Waals surface area contributed by atoms with Gasteiger partial charge in [0.25, 0.3) is 5.91 Å². The molecule has 5 nitrogen and oxygen atoms in total. The van der Waals surface area contributed by atoms with Gasteiger partial charge in [0.2, 0.25) is 0 Å². The van der Waals surface area contributed by atoms with Crippen LogP contribution in [-0.4, -0.2) is 41.3 Å². The molecule has 0 unspecified atom stereocenters. The second-order valence-corrected chi connectivity index (χ2v) is 7.65. The van der Waals surface area contributed by atoms with Crippen molar-refractivity contribution in [1.82, 2.24) is 4.90 Å². The molecular formula is C21H25NO4. The second kappa shape index (κ2) is 6.22. The maximum Gasteiger partial charge on any atom is 0.314 e. The summed E-state index contributed by atoms with van der Waals surface area (Å²) in [6, 6.07) is 5.43. The number of amides is 1. The molecule has 5 heteroatoms. The number of nitrogens with zero attached hydrogens (tertiary/aromatic N) is 1. The number of carbonyl (C=O) groups excluding carboxylic acids is 3. The van der Waals surface area contributed by atoms with Crippen molar-refractivity contribution in [3.63, 3.8) is 0 Å². The molecule has 2 aliphatic heterocycles. The molecule has 3 aliphatic rings. The van der Waals surface area contributed by atoms with Crippen LogP contribution in [0.4, 0.5) is 0 Å². The Kier molecular flexibility index (Phi) is 4.13. The second-order valence-electron chi connectivity index (χ2n) is 7.65. The SMILES string of the molecule is CCOC(=O)[C@@]1(CC)C[C@H]2CC[C@@H]1N2C(=O)c1cccc2c1CCC2=O. The lowest BCUT2D eigenvalue weighted by molar-refractivity contribution is -0.157. The van der Waals surface area contributed by atoms with Gasteiger partial charge in [-0.1, -0.05) is 19.1 Å². The summed E-state index contributed by atoms with van der Waals surface area (Å²) in [5, 5.41) is 0. The number of fused-ring (bicyclic) bond motifs is 3. The molecule has 26 heavy (non-hydrogen) atoms. The average Bonchev–Trinajstić information content (AvgIpc) is 3.33. The van der Waals surface area contributed by atoms with Crippen LogP contribution >= 0.6 is 0 Å². The third kappa shape index (κ3) is 2.25. The van der Waals surface area contributed by atoms with Crippen molar-refractivity contribution in [2.45, 2.75) is 64.5 Å². The Morgan fingerprint density at radius 1 is 1.23 bits per heavy atom. The van der Waals surface area contributed by atoms with E-state index in [2.05, 4.69) is 0 Å². The van der Waals surface area contributed by atoms with Crippen molar-refractivity contribution < 1.29 is 19.1 Å². The number of hydrogen-bond acceptors (Lipinski definition) is 4. The highest BCUT2D eigenvalue weighted by Gasteiger charge is 2.61. The van der Waals surface area contributed by atoms with Crippen LogP contribution in [0.2, 0.25) is 0 Å². The van der Waals surface area contributed by atoms with E-state index in [-0.39, 0.29) is 29.7 Å². The number of ketones is 1. The van der Waals surface area contributed by atoms with Gasteiger partial charge in [-0.3, -0.25) is 14.4 Å². The summed E-state index contributed by atoms with van der Waals surface area (Å²) >= 11 is 0. The smallest absolute Gasteiger partial charge is 0.314 e. The number of benzene rings is 1. The summed E-state index contributed by atoms with van der Waals surface area (Å²) in [6.45, 7) is 4.20. The van der Waals surface area contributed by atoms with Crippen LogP contribution in [-0.2, 0) is 16.0 Å². The first-order valence-electron chi connectivity index (χ1n) is 9.68. The predicted octanol–water partition coefficient (Wildman–Crippen LogP) is 3.15. The zero-order valence-corrected chi connectivity index (χ0v) is 15.4. The average molecular weight is 355 g/mol. The van der Waals surface area contributed by atoms with Crippen LogP contribution in [0.5, 0.6) is 0 Å². The first-order valence-corrected chi connectivity index (χ1v) is 9.68. The van der Waals surface area contributed by atoms with E-state index in [1.54, 1.807) is 6.07 Å². The normalized spacial score (nSPS) is 29.2. The molecule has 0 radical (unpaired) electrons. The highest BCUT2D eigenvalue weighted by molar-refractivity contribution is 6.06. The Balaban J connectivity index is 1.69. The van der Waals surface area contributed by atoms with E-state index in [9.17, 15) is 14.4 Å². The monoisotopic (exact) mass is 355 g/mol. The lowest BCUT2D eigenvalue weighted by Gasteiger charge is -2.34. The fraction of sp³-hybridized carbons (Fsp3) is 0.571. The maximum absolute atomic E-state index is 13.4. The molecular weight excluding hydrogens is 330 g/mol. The largest absolute Gasteiger partial charge is 0.466 e. The van der Waals surface area contributed by atoms with Gasteiger partial charge in [-0.2, -0.15) is 0 Å². The minimum absolute atomic E-state index is 0.0244. The number of ether oxygens (including phenoxy) is 1. The molecule has 0 N–H and O–H groups in total. The van der Waals surface area contributed by atoms with Crippen LogP contribution in [0, 0.1) is 5.41 Å². The van der Waals surface area contributed by atoms with Crippen LogP contribution in [0.15, 0.2) is 18.2 Å². The van der Waals surface area contributed by atoms with Crippen molar-refractivity contribution in [3.8, 4) is 0 Å². The number of carbonyl (C=O) groups is 3. The molecule has 1 amide bonds. The Morgan fingerprint density at radius 2 is 2.04 bits per heavy atom. The molecule has 3 atom stereocenters. The Morgan fingerprint density at radius 3 is 2.77 bits per heavy atom. The van der Waals surface area contributed by atoms with E-state index in [0.717, 1.165) is 18.4 Å². The fourth-order valence-electron chi connectivity index (χ4n) is 5.34. The van der Waals surface area contributed by atoms with Gasteiger partial charge in [-0.25, -0.2) is 0 Å². The molecule has 4 rings (SSSR count). The number of esters is 1. The van der Waals surface area contributed by atoms with Crippen molar-refractivity contribution in [2.75, 3.05) is 6.61 Å². The molecule has 2 bridgehead atoms. The molecule has 1 aliphatic carbocycles. The molecule has 0 saturated carbocycles. The third-order valence-electron chi connectivity index (χ3n) is 6.60. The van der Waals surface area contributed by atoms with Crippen molar-refractivity contribution in [3.05, 3.63) is 34.9 Å². The Labute approximate surface area is 153 Å². The van der Waals surface area contributed by atoms with E-state index in [4.69, 9.17) is 4.74 Å². The van der Waals surface area contributed by atoms with Crippen molar-refractivity contribution >= 4 is 17.7 Å². The predicted molar refractivity (Wildman–Crippen MR) is 96.0 cm³/mol. The minimum Gasteiger partial charge on any atom is -0.466 e. The summed E-state index contributed by atoms with van der Waals surface area (Å²) in [4.78, 5) is 40.1. The summed E-state index contributed by atoms with van der Waals surface area (Å²) in [5.74, 6) is -0.0712. The van der Waals surface area contributed by atoms with Crippen LogP contribution in [0.1, 0.15) is 72.2 Å².